The van der Waals surface area contributed by atoms with E-state index in [9.17, 15) is 4.39 Å². The van der Waals surface area contributed by atoms with Gasteiger partial charge >= 0.3 is 0 Å². The Morgan fingerprint density at radius 3 is 2.55 bits per heavy atom. The molecule has 5 nitrogen and oxygen atoms in total. The Kier molecular flexibility index (Phi) is 4.11. The van der Waals surface area contributed by atoms with Gasteiger partial charge in [-0.05, 0) is 29.8 Å². The van der Waals surface area contributed by atoms with Gasteiger partial charge < -0.3 is 10.5 Å². The van der Waals surface area contributed by atoms with Crippen LogP contribution in [-0.2, 0) is 6.61 Å². The highest BCUT2D eigenvalue weighted by atomic mass is 19.1. The molecule has 0 radical (unpaired) electrons. The molecule has 0 saturated carbocycles. The number of nitrogens with zero attached hydrogens (tertiary/aromatic N) is 2. The molecule has 2 aromatic carbocycles. The molecule has 0 aliphatic heterocycles. The van der Waals surface area contributed by atoms with E-state index in [1.807, 2.05) is 30.3 Å². The lowest BCUT2D eigenvalue weighted by Gasteiger charge is -2.07. The molecule has 3 N–H and O–H groups in total. The lowest BCUT2D eigenvalue weighted by Crippen LogP contribution is -2.13. The SMILES string of the molecule is N[C@@H](c1ccc(F)cc1)c1n[nH]c(COc2ccccc2)n1. The molecular weight excluding hydrogens is 283 g/mol. The first-order chi connectivity index (χ1) is 10.7. The Hall–Kier alpha value is -2.73. The molecule has 1 atom stereocenters. The maximum atomic E-state index is 12.9. The first kappa shape index (κ1) is 14.2. The smallest absolute Gasteiger partial charge is 0.172 e. The van der Waals surface area contributed by atoms with E-state index in [0.29, 0.717) is 11.6 Å². The zero-order valence-corrected chi connectivity index (χ0v) is 11.7. The van der Waals surface area contributed by atoms with Gasteiger partial charge in [0.05, 0.1) is 6.04 Å². The molecule has 0 amide bonds. The second kappa shape index (κ2) is 6.36. The minimum atomic E-state index is -0.512. The highest BCUT2D eigenvalue weighted by Gasteiger charge is 2.14. The normalized spacial score (nSPS) is 12.1. The molecule has 0 spiro atoms. The topological polar surface area (TPSA) is 76.8 Å². The van der Waals surface area contributed by atoms with Crippen molar-refractivity contribution in [2.75, 3.05) is 0 Å². The van der Waals surface area contributed by atoms with E-state index in [1.165, 1.54) is 12.1 Å². The van der Waals surface area contributed by atoms with E-state index in [-0.39, 0.29) is 12.4 Å². The molecule has 1 aromatic heterocycles. The number of para-hydroxylation sites is 1. The summed E-state index contributed by atoms with van der Waals surface area (Å²) in [5, 5.41) is 6.89. The van der Waals surface area contributed by atoms with Crippen molar-refractivity contribution in [3.63, 3.8) is 0 Å². The van der Waals surface area contributed by atoms with Crippen LogP contribution >= 0.6 is 0 Å². The summed E-state index contributed by atoms with van der Waals surface area (Å²) < 4.78 is 18.5. The fourth-order valence-electron chi connectivity index (χ4n) is 2.00. The van der Waals surface area contributed by atoms with Crippen molar-refractivity contribution in [3.8, 4) is 5.75 Å². The number of ether oxygens (including phenoxy) is 1. The zero-order chi connectivity index (χ0) is 15.4. The molecule has 0 bridgehead atoms. The van der Waals surface area contributed by atoms with Crippen molar-refractivity contribution in [1.29, 1.82) is 0 Å². The minimum absolute atomic E-state index is 0.271. The lowest BCUT2D eigenvalue weighted by atomic mass is 10.1. The molecule has 0 aliphatic rings. The van der Waals surface area contributed by atoms with Crippen molar-refractivity contribution in [1.82, 2.24) is 15.2 Å². The van der Waals surface area contributed by atoms with Crippen molar-refractivity contribution in [2.45, 2.75) is 12.6 Å². The van der Waals surface area contributed by atoms with Gasteiger partial charge in [0, 0.05) is 0 Å². The Bertz CT molecular complexity index is 727. The Balaban J connectivity index is 1.66. The van der Waals surface area contributed by atoms with Crippen molar-refractivity contribution >= 4 is 0 Å². The second-order valence-electron chi connectivity index (χ2n) is 4.77. The number of hydrogen-bond donors (Lipinski definition) is 2. The molecule has 0 unspecified atom stereocenters. The third-order valence-corrected chi connectivity index (χ3v) is 3.18. The van der Waals surface area contributed by atoms with Crippen LogP contribution in [-0.4, -0.2) is 15.2 Å². The van der Waals surface area contributed by atoms with Gasteiger partial charge in [0.25, 0.3) is 0 Å². The standard InChI is InChI=1S/C16H15FN4O/c17-12-8-6-11(7-9-12)15(18)16-19-14(20-21-16)10-22-13-4-2-1-3-5-13/h1-9,15H,10,18H2,(H,19,20,21)/t15-/m0/s1. The second-order valence-corrected chi connectivity index (χ2v) is 4.77. The first-order valence-corrected chi connectivity index (χ1v) is 6.82. The Morgan fingerprint density at radius 1 is 1.09 bits per heavy atom. The quantitative estimate of drug-likeness (QED) is 0.759. The van der Waals surface area contributed by atoms with Crippen molar-refractivity contribution in [2.24, 2.45) is 5.73 Å². The molecule has 0 saturated heterocycles. The van der Waals surface area contributed by atoms with Crippen LogP contribution in [0.15, 0.2) is 54.6 Å². The highest BCUT2D eigenvalue weighted by Crippen LogP contribution is 2.17. The van der Waals surface area contributed by atoms with Crippen LogP contribution in [0.2, 0.25) is 0 Å². The molecule has 22 heavy (non-hydrogen) atoms. The highest BCUT2D eigenvalue weighted by molar-refractivity contribution is 5.25. The molecular formula is C16H15FN4O. The van der Waals surface area contributed by atoms with Gasteiger partial charge in [-0.15, -0.1) is 0 Å². The van der Waals surface area contributed by atoms with Gasteiger partial charge in [-0.3, -0.25) is 5.10 Å². The molecule has 0 aliphatic carbocycles. The van der Waals surface area contributed by atoms with Crippen LogP contribution in [0.4, 0.5) is 4.39 Å². The van der Waals surface area contributed by atoms with Crippen LogP contribution in [0.1, 0.15) is 23.3 Å². The molecule has 112 valence electrons. The number of nitrogens with one attached hydrogen (secondary N) is 1. The van der Waals surface area contributed by atoms with Gasteiger partial charge in [-0.2, -0.15) is 5.10 Å². The molecule has 0 fully saturated rings. The summed E-state index contributed by atoms with van der Waals surface area (Å²) >= 11 is 0. The summed E-state index contributed by atoms with van der Waals surface area (Å²) in [4.78, 5) is 4.31. The van der Waals surface area contributed by atoms with Gasteiger partial charge in [-0.25, -0.2) is 9.37 Å². The van der Waals surface area contributed by atoms with E-state index in [1.54, 1.807) is 12.1 Å². The van der Waals surface area contributed by atoms with Gasteiger partial charge in [0.15, 0.2) is 11.6 Å². The van der Waals surface area contributed by atoms with Crippen LogP contribution in [0.25, 0.3) is 0 Å². The summed E-state index contributed by atoms with van der Waals surface area (Å²) in [6.45, 7) is 0.271. The largest absolute Gasteiger partial charge is 0.486 e. The maximum absolute atomic E-state index is 12.9. The fraction of sp³-hybridized carbons (Fsp3) is 0.125. The third-order valence-electron chi connectivity index (χ3n) is 3.18. The first-order valence-electron chi connectivity index (χ1n) is 6.82. The average Bonchev–Trinajstić information content (AvgIpc) is 3.03. The van der Waals surface area contributed by atoms with Crippen LogP contribution < -0.4 is 10.5 Å². The number of aromatic amines is 1. The number of H-pyrrole nitrogens is 1. The predicted molar refractivity (Wildman–Crippen MR) is 79.6 cm³/mol. The zero-order valence-electron chi connectivity index (χ0n) is 11.7. The molecule has 1 heterocycles. The number of rotatable bonds is 5. The monoisotopic (exact) mass is 298 g/mol. The predicted octanol–water partition coefficient (Wildman–Crippen LogP) is 2.57. The fourth-order valence-corrected chi connectivity index (χ4v) is 2.00. The molecule has 6 heteroatoms. The van der Waals surface area contributed by atoms with Crippen molar-refractivity contribution in [3.05, 3.63) is 77.6 Å². The van der Waals surface area contributed by atoms with E-state index in [2.05, 4.69) is 15.2 Å². The average molecular weight is 298 g/mol. The summed E-state index contributed by atoms with van der Waals surface area (Å²) in [6.07, 6.45) is 0. The summed E-state index contributed by atoms with van der Waals surface area (Å²) in [5.74, 6) is 1.47. The number of aromatic nitrogens is 3. The maximum Gasteiger partial charge on any atom is 0.172 e. The number of nitrogens with two attached hydrogens (primary N) is 1. The lowest BCUT2D eigenvalue weighted by molar-refractivity contribution is 0.296. The summed E-state index contributed by atoms with van der Waals surface area (Å²) in [5.41, 5.74) is 6.82. The summed E-state index contributed by atoms with van der Waals surface area (Å²) in [7, 11) is 0. The number of halogens is 1. The Morgan fingerprint density at radius 2 is 1.82 bits per heavy atom. The summed E-state index contributed by atoms with van der Waals surface area (Å²) in [6, 6.07) is 14.9. The van der Waals surface area contributed by atoms with E-state index in [4.69, 9.17) is 10.5 Å². The number of benzene rings is 2. The molecule has 3 aromatic rings. The van der Waals surface area contributed by atoms with E-state index < -0.39 is 6.04 Å². The minimum Gasteiger partial charge on any atom is -0.486 e. The number of hydrogen-bond acceptors (Lipinski definition) is 4. The van der Waals surface area contributed by atoms with Gasteiger partial charge in [0.2, 0.25) is 0 Å². The van der Waals surface area contributed by atoms with E-state index in [0.717, 1.165) is 11.3 Å². The van der Waals surface area contributed by atoms with E-state index >= 15 is 0 Å². The van der Waals surface area contributed by atoms with Gasteiger partial charge in [0.1, 0.15) is 18.2 Å². The van der Waals surface area contributed by atoms with Crippen LogP contribution in [0.5, 0.6) is 5.75 Å². The van der Waals surface area contributed by atoms with Gasteiger partial charge in [-0.1, -0.05) is 30.3 Å². The molecule has 3 rings (SSSR count). The third kappa shape index (κ3) is 3.29. The van der Waals surface area contributed by atoms with Crippen LogP contribution in [0.3, 0.4) is 0 Å². The van der Waals surface area contributed by atoms with Crippen LogP contribution in [0, 0.1) is 5.82 Å². The van der Waals surface area contributed by atoms with Crippen molar-refractivity contribution < 1.29 is 9.13 Å². The Labute approximate surface area is 127 Å².